The van der Waals surface area contributed by atoms with Gasteiger partial charge in [0.2, 0.25) is 0 Å². The number of hydrogen-bond donors (Lipinski definition) is 3. The van der Waals surface area contributed by atoms with Gasteiger partial charge in [0, 0.05) is 18.8 Å². The summed E-state index contributed by atoms with van der Waals surface area (Å²) in [5.41, 5.74) is 1.65. The molecule has 1 aromatic rings. The second-order valence-electron chi connectivity index (χ2n) is 5.04. The van der Waals surface area contributed by atoms with Crippen LogP contribution in [0.2, 0.25) is 5.02 Å². The van der Waals surface area contributed by atoms with Crippen LogP contribution in [0.1, 0.15) is 19.8 Å². The Balaban J connectivity index is 1.99. The van der Waals surface area contributed by atoms with E-state index in [1.807, 2.05) is 12.1 Å². The molecular weight excluding hydrogens is 278 g/mol. The van der Waals surface area contributed by atoms with Crippen molar-refractivity contribution in [3.63, 3.8) is 0 Å². The van der Waals surface area contributed by atoms with E-state index in [1.54, 1.807) is 13.0 Å². The molecule has 1 aliphatic rings. The number of anilines is 2. The van der Waals surface area contributed by atoms with Gasteiger partial charge in [-0.3, -0.25) is 0 Å². The fourth-order valence-corrected chi connectivity index (χ4v) is 2.54. The van der Waals surface area contributed by atoms with E-state index in [0.717, 1.165) is 18.8 Å². The molecule has 0 radical (unpaired) electrons. The number of nitrogens with zero attached hydrogens (tertiary/aromatic N) is 1. The molecule has 1 saturated heterocycles. The molecule has 0 spiro atoms. The number of carbonyl (C=O) groups is 1. The second kappa shape index (κ2) is 6.81. The van der Waals surface area contributed by atoms with Crippen LogP contribution in [0.5, 0.6) is 0 Å². The van der Waals surface area contributed by atoms with Gasteiger partial charge in [0.1, 0.15) is 0 Å². The Hall–Kier alpha value is -1.46. The topological polar surface area (TPSA) is 64.6 Å². The number of halogens is 1. The van der Waals surface area contributed by atoms with Crippen molar-refractivity contribution in [2.45, 2.75) is 25.8 Å². The number of urea groups is 1. The van der Waals surface area contributed by atoms with E-state index in [2.05, 4.69) is 15.5 Å². The summed E-state index contributed by atoms with van der Waals surface area (Å²) >= 11 is 6.27. The monoisotopic (exact) mass is 297 g/mol. The maximum atomic E-state index is 11.6. The van der Waals surface area contributed by atoms with Gasteiger partial charge < -0.3 is 20.6 Å². The van der Waals surface area contributed by atoms with E-state index in [0.29, 0.717) is 10.7 Å². The van der Waals surface area contributed by atoms with E-state index in [4.69, 9.17) is 16.7 Å². The normalized spacial score (nSPS) is 16.1. The third-order valence-electron chi connectivity index (χ3n) is 3.30. The Morgan fingerprint density at radius 3 is 2.75 bits per heavy atom. The van der Waals surface area contributed by atoms with Gasteiger partial charge in [-0.2, -0.15) is 0 Å². The second-order valence-corrected chi connectivity index (χ2v) is 5.45. The van der Waals surface area contributed by atoms with Gasteiger partial charge in [-0.1, -0.05) is 11.6 Å². The zero-order valence-corrected chi connectivity index (χ0v) is 12.3. The van der Waals surface area contributed by atoms with Gasteiger partial charge >= 0.3 is 6.03 Å². The van der Waals surface area contributed by atoms with Crippen molar-refractivity contribution in [1.82, 2.24) is 5.32 Å². The van der Waals surface area contributed by atoms with Crippen LogP contribution in [0.25, 0.3) is 0 Å². The zero-order valence-electron chi connectivity index (χ0n) is 11.5. The first-order valence-corrected chi connectivity index (χ1v) is 7.21. The molecule has 1 aliphatic heterocycles. The highest BCUT2D eigenvalue weighted by molar-refractivity contribution is 6.33. The third kappa shape index (κ3) is 3.77. The number of aliphatic hydroxyl groups is 1. The predicted molar refractivity (Wildman–Crippen MR) is 81.6 cm³/mol. The molecule has 0 bridgehead atoms. The van der Waals surface area contributed by atoms with Crippen molar-refractivity contribution in [2.75, 3.05) is 29.9 Å². The van der Waals surface area contributed by atoms with Crippen LogP contribution in [0.3, 0.4) is 0 Å². The Morgan fingerprint density at radius 1 is 1.45 bits per heavy atom. The van der Waals surface area contributed by atoms with Crippen molar-refractivity contribution in [3.05, 3.63) is 23.2 Å². The van der Waals surface area contributed by atoms with Crippen molar-refractivity contribution in [1.29, 1.82) is 0 Å². The summed E-state index contributed by atoms with van der Waals surface area (Å²) in [6, 6.07) is 4.88. The number of aliphatic hydroxyl groups excluding tert-OH is 1. The minimum absolute atomic E-state index is 0.0952. The molecule has 2 rings (SSSR count). The summed E-state index contributed by atoms with van der Waals surface area (Å²) in [6.45, 7) is 3.69. The first-order chi connectivity index (χ1) is 9.60. The van der Waals surface area contributed by atoms with Crippen molar-refractivity contribution >= 4 is 29.0 Å². The molecule has 6 heteroatoms. The highest BCUT2D eigenvalue weighted by atomic mass is 35.5. The Kier molecular flexibility index (Phi) is 5.09. The number of carbonyl (C=O) groups excluding carboxylic acids is 1. The van der Waals surface area contributed by atoms with Crippen LogP contribution in [-0.2, 0) is 0 Å². The number of benzene rings is 1. The van der Waals surface area contributed by atoms with Crippen molar-refractivity contribution in [2.24, 2.45) is 0 Å². The van der Waals surface area contributed by atoms with Crippen molar-refractivity contribution in [3.8, 4) is 0 Å². The molecule has 0 saturated carbocycles. The fourth-order valence-electron chi connectivity index (χ4n) is 2.24. The van der Waals surface area contributed by atoms with Crippen LogP contribution in [0.15, 0.2) is 18.2 Å². The van der Waals surface area contributed by atoms with Gasteiger partial charge in [-0.25, -0.2) is 4.79 Å². The van der Waals surface area contributed by atoms with E-state index < -0.39 is 0 Å². The smallest absolute Gasteiger partial charge is 0.319 e. The summed E-state index contributed by atoms with van der Waals surface area (Å²) in [7, 11) is 0. The lowest BCUT2D eigenvalue weighted by molar-refractivity contribution is 0.229. The predicted octanol–water partition coefficient (Wildman–Crippen LogP) is 2.44. The summed E-state index contributed by atoms with van der Waals surface area (Å²) in [5.74, 6) is 0. The zero-order chi connectivity index (χ0) is 14.5. The summed E-state index contributed by atoms with van der Waals surface area (Å²) < 4.78 is 0. The maximum Gasteiger partial charge on any atom is 0.319 e. The van der Waals surface area contributed by atoms with E-state index in [1.165, 1.54) is 12.8 Å². The van der Waals surface area contributed by atoms with Crippen LogP contribution >= 0.6 is 11.6 Å². The van der Waals surface area contributed by atoms with E-state index >= 15 is 0 Å². The Morgan fingerprint density at radius 2 is 2.15 bits per heavy atom. The summed E-state index contributed by atoms with van der Waals surface area (Å²) in [5, 5.41) is 14.8. The largest absolute Gasteiger partial charge is 0.394 e. The summed E-state index contributed by atoms with van der Waals surface area (Å²) in [6.07, 6.45) is 2.38. The van der Waals surface area contributed by atoms with Gasteiger partial charge in [-0.15, -0.1) is 0 Å². The van der Waals surface area contributed by atoms with Crippen LogP contribution in [-0.4, -0.2) is 36.9 Å². The fraction of sp³-hybridized carbons (Fsp3) is 0.500. The standard InChI is InChI=1S/C14H20ClN3O2/c1-10(9-19)16-14(20)17-11-4-5-13(12(15)8-11)18-6-2-3-7-18/h4-5,8,10,19H,2-3,6-7,9H2,1H3,(H2,16,17,20). The van der Waals surface area contributed by atoms with Crippen LogP contribution < -0.4 is 15.5 Å². The minimum atomic E-state index is -0.350. The first kappa shape index (κ1) is 14.9. The molecule has 0 aliphatic carbocycles. The Labute approximate surface area is 123 Å². The number of nitrogens with one attached hydrogen (secondary N) is 2. The molecule has 2 amide bonds. The highest BCUT2D eigenvalue weighted by Crippen LogP contribution is 2.31. The third-order valence-corrected chi connectivity index (χ3v) is 3.61. The molecule has 1 atom stereocenters. The molecule has 3 N–H and O–H groups in total. The van der Waals surface area contributed by atoms with E-state index in [-0.39, 0.29) is 18.7 Å². The molecule has 1 unspecified atom stereocenters. The molecule has 5 nitrogen and oxygen atoms in total. The molecule has 1 heterocycles. The molecule has 0 aromatic heterocycles. The molecule has 1 fully saturated rings. The van der Waals surface area contributed by atoms with E-state index in [9.17, 15) is 4.79 Å². The van der Waals surface area contributed by atoms with Crippen LogP contribution in [0.4, 0.5) is 16.2 Å². The van der Waals surface area contributed by atoms with Gasteiger partial charge in [0.05, 0.1) is 23.4 Å². The molecule has 1 aromatic carbocycles. The average Bonchev–Trinajstić information content (AvgIpc) is 2.92. The number of amides is 2. The van der Waals surface area contributed by atoms with Gasteiger partial charge in [0.15, 0.2) is 0 Å². The molecular formula is C14H20ClN3O2. The lowest BCUT2D eigenvalue weighted by atomic mass is 10.2. The highest BCUT2D eigenvalue weighted by Gasteiger charge is 2.15. The lowest BCUT2D eigenvalue weighted by Crippen LogP contribution is -2.38. The quantitative estimate of drug-likeness (QED) is 0.800. The van der Waals surface area contributed by atoms with Gasteiger partial charge in [0.25, 0.3) is 0 Å². The first-order valence-electron chi connectivity index (χ1n) is 6.83. The maximum absolute atomic E-state index is 11.6. The average molecular weight is 298 g/mol. The Bertz CT molecular complexity index is 475. The molecule has 20 heavy (non-hydrogen) atoms. The van der Waals surface area contributed by atoms with Crippen LogP contribution in [0, 0.1) is 0 Å². The number of hydrogen-bond acceptors (Lipinski definition) is 3. The van der Waals surface area contributed by atoms with Crippen molar-refractivity contribution < 1.29 is 9.90 Å². The minimum Gasteiger partial charge on any atom is -0.394 e. The SMILES string of the molecule is CC(CO)NC(=O)Nc1ccc(N2CCCC2)c(Cl)c1. The summed E-state index contributed by atoms with van der Waals surface area (Å²) in [4.78, 5) is 13.9. The molecule has 110 valence electrons. The lowest BCUT2D eigenvalue weighted by Gasteiger charge is -2.20. The number of rotatable bonds is 4. The van der Waals surface area contributed by atoms with Gasteiger partial charge in [-0.05, 0) is 38.0 Å².